The van der Waals surface area contributed by atoms with E-state index in [1.807, 2.05) is 0 Å². The molecule has 1 atom stereocenters. The number of aliphatic imine (C=N–C) groups is 1. The van der Waals surface area contributed by atoms with Gasteiger partial charge in [-0.1, -0.05) is 55.0 Å². The van der Waals surface area contributed by atoms with Gasteiger partial charge < -0.3 is 0 Å². The smallest absolute Gasteiger partial charge is 0.0661 e. The molecule has 1 heterocycles. The topological polar surface area (TPSA) is 25.2 Å². The molecule has 28 heavy (non-hydrogen) atoms. The van der Waals surface area contributed by atoms with Crippen molar-refractivity contribution >= 4 is 29.0 Å². The summed E-state index contributed by atoms with van der Waals surface area (Å²) in [4.78, 5) is 4.83. The lowest BCUT2D eigenvalue weighted by Crippen LogP contribution is -2.14. The molecule has 0 aliphatic heterocycles. The molecule has 1 aliphatic carbocycles. The van der Waals surface area contributed by atoms with E-state index in [0.717, 1.165) is 23.5 Å². The van der Waals surface area contributed by atoms with E-state index in [1.165, 1.54) is 39.4 Å². The van der Waals surface area contributed by atoms with E-state index in [-0.39, 0.29) is 5.92 Å². The molecule has 1 aliphatic rings. The lowest BCUT2D eigenvalue weighted by Gasteiger charge is -2.28. The highest BCUT2D eigenvalue weighted by Crippen LogP contribution is 2.43. The molecule has 0 N–H and O–H groups in total. The number of rotatable bonds is 4. The molecule has 0 saturated carbocycles. The van der Waals surface area contributed by atoms with Gasteiger partial charge in [0, 0.05) is 11.1 Å². The van der Waals surface area contributed by atoms with Crippen molar-refractivity contribution in [3.8, 4) is 0 Å². The third-order valence-electron chi connectivity index (χ3n) is 5.16. The van der Waals surface area contributed by atoms with Gasteiger partial charge in [-0.3, -0.25) is 4.99 Å². The fraction of sp³-hybridized carbons (Fsp3) is 0.200. The molecule has 2 aromatic carbocycles. The predicted octanol–water partition coefficient (Wildman–Crippen LogP) is 7.11. The minimum atomic E-state index is 0.158. The number of aryl methyl sites for hydroxylation is 1. The van der Waals surface area contributed by atoms with E-state index in [4.69, 9.17) is 9.37 Å². The van der Waals surface area contributed by atoms with E-state index in [1.54, 1.807) is 0 Å². The molecule has 0 amide bonds. The van der Waals surface area contributed by atoms with Crippen LogP contribution in [0.3, 0.4) is 0 Å². The van der Waals surface area contributed by atoms with Crippen molar-refractivity contribution in [3.05, 3.63) is 99.6 Å². The van der Waals surface area contributed by atoms with Gasteiger partial charge in [0.1, 0.15) is 0 Å². The van der Waals surface area contributed by atoms with Crippen LogP contribution in [0.1, 0.15) is 48.6 Å². The van der Waals surface area contributed by atoms with Crippen LogP contribution in [0.2, 0.25) is 0 Å². The fourth-order valence-corrected chi connectivity index (χ4v) is 4.33. The highest BCUT2D eigenvalue weighted by Gasteiger charge is 2.28. The van der Waals surface area contributed by atoms with Crippen molar-refractivity contribution in [2.45, 2.75) is 33.1 Å². The molecular formula is C25H24N2S. The van der Waals surface area contributed by atoms with Crippen LogP contribution in [0.25, 0.3) is 6.08 Å². The zero-order valence-corrected chi connectivity index (χ0v) is 17.3. The minimum Gasteiger partial charge on any atom is -0.254 e. The third-order valence-corrected chi connectivity index (χ3v) is 5.73. The molecule has 0 fully saturated rings. The molecule has 1 aromatic heterocycles. The number of fused-ring (bicyclic) bond motifs is 1. The molecule has 2 nitrogen and oxygen atoms in total. The average Bonchev–Trinajstić information content (AvgIpc) is 3.23. The maximum absolute atomic E-state index is 4.83. The van der Waals surface area contributed by atoms with Crippen LogP contribution < -0.4 is 0 Å². The highest BCUT2D eigenvalue weighted by molar-refractivity contribution is 7.03. The van der Waals surface area contributed by atoms with Crippen molar-refractivity contribution in [1.29, 1.82) is 0 Å². The number of allylic oxidation sites excluding steroid dienone is 3. The number of aromatic nitrogens is 1. The van der Waals surface area contributed by atoms with Crippen molar-refractivity contribution in [2.24, 2.45) is 4.99 Å². The number of hydrogen-bond acceptors (Lipinski definition) is 3. The fourth-order valence-electron chi connectivity index (χ4n) is 3.78. The van der Waals surface area contributed by atoms with E-state index >= 15 is 0 Å². The van der Waals surface area contributed by atoms with Crippen molar-refractivity contribution in [2.75, 3.05) is 0 Å². The largest absolute Gasteiger partial charge is 0.254 e. The Balaban J connectivity index is 1.82. The molecule has 0 radical (unpaired) electrons. The summed E-state index contributed by atoms with van der Waals surface area (Å²) >= 11 is 1.51. The summed E-state index contributed by atoms with van der Waals surface area (Å²) in [5.41, 5.74) is 9.64. The molecule has 3 aromatic rings. The summed E-state index contributed by atoms with van der Waals surface area (Å²) in [7, 11) is 0. The second kappa shape index (κ2) is 8.07. The van der Waals surface area contributed by atoms with Gasteiger partial charge >= 0.3 is 0 Å². The van der Waals surface area contributed by atoms with Crippen LogP contribution >= 0.6 is 11.5 Å². The highest BCUT2D eigenvalue weighted by atomic mass is 32.1. The first-order valence-electron chi connectivity index (χ1n) is 9.69. The Labute approximate surface area is 171 Å². The van der Waals surface area contributed by atoms with E-state index in [0.29, 0.717) is 0 Å². The van der Waals surface area contributed by atoms with Crippen LogP contribution in [0.15, 0.2) is 82.2 Å². The van der Waals surface area contributed by atoms with Gasteiger partial charge in [0.15, 0.2) is 0 Å². The Kier molecular flexibility index (Phi) is 5.36. The Morgan fingerprint density at radius 2 is 1.89 bits per heavy atom. The maximum Gasteiger partial charge on any atom is 0.0661 e. The predicted molar refractivity (Wildman–Crippen MR) is 121 cm³/mol. The maximum atomic E-state index is 4.83. The first-order chi connectivity index (χ1) is 13.7. The van der Waals surface area contributed by atoms with Gasteiger partial charge in [0.25, 0.3) is 0 Å². The van der Waals surface area contributed by atoms with Gasteiger partial charge in [-0.2, -0.15) is 4.37 Å². The number of nitrogens with zero attached hydrogens (tertiary/aromatic N) is 2. The minimum absolute atomic E-state index is 0.158. The zero-order valence-electron chi connectivity index (χ0n) is 16.5. The molecule has 1 unspecified atom stereocenters. The first kappa shape index (κ1) is 18.6. The van der Waals surface area contributed by atoms with Crippen molar-refractivity contribution in [1.82, 2.24) is 4.37 Å². The summed E-state index contributed by atoms with van der Waals surface area (Å²) in [6.07, 6.45) is 5.55. The van der Waals surface area contributed by atoms with Gasteiger partial charge in [-0.05, 0) is 78.3 Å². The summed E-state index contributed by atoms with van der Waals surface area (Å²) < 4.78 is 4.69. The van der Waals surface area contributed by atoms with Gasteiger partial charge in [0.2, 0.25) is 0 Å². The summed E-state index contributed by atoms with van der Waals surface area (Å²) in [6.45, 7) is 6.40. The van der Waals surface area contributed by atoms with E-state index in [9.17, 15) is 0 Å². The van der Waals surface area contributed by atoms with Crippen LogP contribution in [-0.2, 0) is 0 Å². The molecule has 0 spiro atoms. The monoisotopic (exact) mass is 384 g/mol. The van der Waals surface area contributed by atoms with Crippen LogP contribution in [-0.4, -0.2) is 10.1 Å². The number of benzene rings is 2. The second-order valence-corrected chi connectivity index (χ2v) is 7.86. The normalized spacial score (nSPS) is 18.1. The van der Waals surface area contributed by atoms with Crippen LogP contribution in [0.5, 0.6) is 0 Å². The Morgan fingerprint density at radius 1 is 1.11 bits per heavy atom. The summed E-state index contributed by atoms with van der Waals surface area (Å²) in [5, 5.41) is 2.06. The quantitative estimate of drug-likeness (QED) is 0.440. The van der Waals surface area contributed by atoms with E-state index in [2.05, 4.69) is 92.9 Å². The van der Waals surface area contributed by atoms with Crippen LogP contribution in [0, 0.1) is 6.92 Å². The standard InChI is InChI=1S/C25H24N2S/c1-4-19-16-20-7-5-6-8-22(20)25(24-13-14-28-27-24)23(19)15-18(3)26-21-11-9-17(2)10-12-21/h5-16,25H,4H2,1-3H3. The summed E-state index contributed by atoms with van der Waals surface area (Å²) in [6, 6.07) is 19.1. The lowest BCUT2D eigenvalue weighted by atomic mass is 9.76. The Morgan fingerprint density at radius 3 is 2.61 bits per heavy atom. The lowest BCUT2D eigenvalue weighted by molar-refractivity contribution is 0.891. The average molecular weight is 385 g/mol. The zero-order chi connectivity index (χ0) is 19.5. The molecule has 0 bridgehead atoms. The second-order valence-electron chi connectivity index (χ2n) is 7.20. The molecule has 0 saturated heterocycles. The van der Waals surface area contributed by atoms with Crippen LogP contribution in [0.4, 0.5) is 5.69 Å². The third kappa shape index (κ3) is 3.76. The van der Waals surface area contributed by atoms with Gasteiger partial charge in [0.05, 0.1) is 17.3 Å². The molecular weight excluding hydrogens is 360 g/mol. The van der Waals surface area contributed by atoms with Crippen molar-refractivity contribution in [3.63, 3.8) is 0 Å². The number of hydrogen-bond donors (Lipinski definition) is 0. The molecule has 140 valence electrons. The van der Waals surface area contributed by atoms with Gasteiger partial charge in [-0.15, -0.1) is 0 Å². The Hall–Kier alpha value is -2.78. The molecule has 4 rings (SSSR count). The van der Waals surface area contributed by atoms with E-state index < -0.39 is 0 Å². The Bertz CT molecular complexity index is 1050. The van der Waals surface area contributed by atoms with Crippen molar-refractivity contribution < 1.29 is 0 Å². The first-order valence-corrected chi connectivity index (χ1v) is 10.5. The SMILES string of the molecule is CCC1=Cc2ccccc2C(c2ccsn2)C1=CC(C)=Nc1ccc(C)cc1. The summed E-state index contributed by atoms with van der Waals surface area (Å²) in [5.74, 6) is 0.158. The van der Waals surface area contributed by atoms with Gasteiger partial charge in [-0.25, -0.2) is 0 Å². The molecule has 3 heteroatoms.